The third-order valence-electron chi connectivity index (χ3n) is 3.96. The third kappa shape index (κ3) is 2.55. The topological polar surface area (TPSA) is 64.3 Å². The fourth-order valence-electron chi connectivity index (χ4n) is 2.83. The first kappa shape index (κ1) is 16.9. The van der Waals surface area contributed by atoms with Gasteiger partial charge >= 0.3 is 6.18 Å². The number of rotatable bonds is 2. The van der Waals surface area contributed by atoms with Crippen molar-refractivity contribution in [2.45, 2.75) is 6.18 Å². The Bertz CT molecular complexity index is 1110. The first-order chi connectivity index (χ1) is 12.3. The van der Waals surface area contributed by atoms with Crippen molar-refractivity contribution in [1.82, 2.24) is 29.3 Å². The maximum atomic E-state index is 12.9. The van der Waals surface area contributed by atoms with Crippen molar-refractivity contribution in [2.75, 3.05) is 0 Å². The van der Waals surface area contributed by atoms with Gasteiger partial charge in [0, 0.05) is 24.8 Å². The average Bonchev–Trinajstić information content (AvgIpc) is 3.28. The molecule has 3 aromatic heterocycles. The maximum Gasteiger partial charge on any atom is 0.451 e. The molecule has 0 bridgehead atoms. The minimum atomic E-state index is -4.63. The Labute approximate surface area is 154 Å². The van der Waals surface area contributed by atoms with Crippen LogP contribution < -0.4 is 0 Å². The molecule has 0 aliphatic rings. The number of aromatic nitrogens is 6. The number of alkyl halides is 3. The van der Waals surface area contributed by atoms with Gasteiger partial charge in [-0.25, -0.2) is 4.98 Å². The van der Waals surface area contributed by atoms with Gasteiger partial charge in [0.15, 0.2) is 5.82 Å². The zero-order valence-corrected chi connectivity index (χ0v) is 14.5. The predicted molar refractivity (Wildman–Crippen MR) is 90.4 cm³/mol. The van der Waals surface area contributed by atoms with Crippen LogP contribution in [0, 0.1) is 0 Å². The molecule has 0 fully saturated rings. The molecule has 26 heavy (non-hydrogen) atoms. The molecule has 4 aromatic rings. The summed E-state index contributed by atoms with van der Waals surface area (Å²) >= 11 is 12.2. The molecule has 0 atom stereocenters. The molecule has 11 heteroatoms. The Hall–Kier alpha value is -2.52. The van der Waals surface area contributed by atoms with E-state index in [4.69, 9.17) is 23.2 Å². The molecule has 3 heterocycles. The number of halogens is 5. The summed E-state index contributed by atoms with van der Waals surface area (Å²) in [6.45, 7) is 0. The highest BCUT2D eigenvalue weighted by Gasteiger charge is 2.36. The smallest absolute Gasteiger partial charge is 0.339 e. The number of nitrogens with zero attached hydrogens (tertiary/aromatic N) is 5. The number of fused-ring (bicyclic) bond motifs is 1. The Morgan fingerprint density at radius 1 is 1.12 bits per heavy atom. The number of aromatic amines is 1. The Balaban J connectivity index is 2.07. The van der Waals surface area contributed by atoms with Crippen molar-refractivity contribution >= 4 is 34.1 Å². The summed E-state index contributed by atoms with van der Waals surface area (Å²) in [5.41, 5.74) is 1.62. The number of aryl methyl sites for hydroxylation is 1. The molecule has 4 rings (SSSR count). The monoisotopic (exact) mass is 400 g/mol. The Kier molecular flexibility index (Phi) is 3.74. The van der Waals surface area contributed by atoms with Gasteiger partial charge in [-0.3, -0.25) is 0 Å². The minimum Gasteiger partial charge on any atom is -0.339 e. The second kappa shape index (κ2) is 5.75. The van der Waals surface area contributed by atoms with Gasteiger partial charge in [0.1, 0.15) is 5.69 Å². The first-order valence-corrected chi connectivity index (χ1v) is 7.99. The van der Waals surface area contributed by atoms with Gasteiger partial charge in [-0.05, 0) is 12.1 Å². The van der Waals surface area contributed by atoms with E-state index >= 15 is 0 Å². The number of imidazole rings is 1. The SMILES string of the molecule is Cn1c(-c2nnc(C(F)(F)F)[nH]2)c(-n2ccnc2)c2cc(Cl)c(Cl)cc21. The highest BCUT2D eigenvalue weighted by atomic mass is 35.5. The second-order valence-corrected chi connectivity index (χ2v) is 6.34. The molecule has 134 valence electrons. The quantitative estimate of drug-likeness (QED) is 0.539. The van der Waals surface area contributed by atoms with Gasteiger partial charge in [0.05, 0.1) is 27.6 Å². The molecule has 0 saturated carbocycles. The number of nitrogens with one attached hydrogen (secondary N) is 1. The Morgan fingerprint density at radius 2 is 1.85 bits per heavy atom. The van der Waals surface area contributed by atoms with E-state index in [1.165, 1.54) is 6.33 Å². The second-order valence-electron chi connectivity index (χ2n) is 5.53. The highest BCUT2D eigenvalue weighted by Crippen LogP contribution is 2.39. The van der Waals surface area contributed by atoms with Crippen LogP contribution in [0.15, 0.2) is 30.9 Å². The molecule has 0 aliphatic heterocycles. The van der Waals surface area contributed by atoms with E-state index in [0.29, 0.717) is 32.3 Å². The van der Waals surface area contributed by atoms with E-state index in [9.17, 15) is 13.2 Å². The summed E-state index contributed by atoms with van der Waals surface area (Å²) in [7, 11) is 1.69. The molecule has 0 aliphatic carbocycles. The van der Waals surface area contributed by atoms with Gasteiger partial charge in [-0.1, -0.05) is 23.2 Å². The Morgan fingerprint density at radius 3 is 2.46 bits per heavy atom. The molecule has 0 radical (unpaired) electrons. The van der Waals surface area contributed by atoms with Crippen LogP contribution in [0.5, 0.6) is 0 Å². The van der Waals surface area contributed by atoms with Crippen LogP contribution in [0.3, 0.4) is 0 Å². The lowest BCUT2D eigenvalue weighted by Gasteiger charge is -2.06. The molecule has 1 N–H and O–H groups in total. The van der Waals surface area contributed by atoms with Crippen molar-refractivity contribution < 1.29 is 13.2 Å². The van der Waals surface area contributed by atoms with Crippen LogP contribution >= 0.6 is 23.2 Å². The third-order valence-corrected chi connectivity index (χ3v) is 4.68. The molecule has 0 amide bonds. The zero-order valence-electron chi connectivity index (χ0n) is 13.0. The highest BCUT2D eigenvalue weighted by molar-refractivity contribution is 6.43. The van der Waals surface area contributed by atoms with Crippen molar-refractivity contribution in [1.29, 1.82) is 0 Å². The van der Waals surface area contributed by atoms with Gasteiger partial charge in [-0.15, -0.1) is 10.2 Å². The lowest BCUT2D eigenvalue weighted by Crippen LogP contribution is -2.07. The summed E-state index contributed by atoms with van der Waals surface area (Å²) in [5, 5.41) is 8.23. The zero-order chi connectivity index (χ0) is 18.6. The normalized spacial score (nSPS) is 12.2. The van der Waals surface area contributed by atoms with Crippen LogP contribution in [0.4, 0.5) is 13.2 Å². The van der Waals surface area contributed by atoms with E-state index in [1.54, 1.807) is 40.7 Å². The summed E-state index contributed by atoms with van der Waals surface area (Å²) in [5.74, 6) is -1.21. The van der Waals surface area contributed by atoms with Crippen LogP contribution in [0.25, 0.3) is 28.1 Å². The van der Waals surface area contributed by atoms with Gasteiger partial charge < -0.3 is 14.1 Å². The first-order valence-electron chi connectivity index (χ1n) is 7.23. The lowest BCUT2D eigenvalue weighted by molar-refractivity contribution is -0.144. The van der Waals surface area contributed by atoms with Gasteiger partial charge in [-0.2, -0.15) is 13.2 Å². The van der Waals surface area contributed by atoms with Crippen LogP contribution in [-0.2, 0) is 13.2 Å². The number of hydrogen-bond acceptors (Lipinski definition) is 3. The molecule has 0 saturated heterocycles. The predicted octanol–water partition coefficient (Wildman–Crippen LogP) is 4.47. The fourth-order valence-corrected chi connectivity index (χ4v) is 3.15. The summed E-state index contributed by atoms with van der Waals surface area (Å²) < 4.78 is 42.1. The summed E-state index contributed by atoms with van der Waals surface area (Å²) in [6.07, 6.45) is 0.128. The van der Waals surface area contributed by atoms with Crippen molar-refractivity contribution in [3.05, 3.63) is 46.7 Å². The summed E-state index contributed by atoms with van der Waals surface area (Å²) in [4.78, 5) is 6.24. The van der Waals surface area contributed by atoms with E-state index in [1.807, 2.05) is 0 Å². The largest absolute Gasteiger partial charge is 0.451 e. The molecule has 0 spiro atoms. The van der Waals surface area contributed by atoms with Crippen LogP contribution in [-0.4, -0.2) is 29.3 Å². The van der Waals surface area contributed by atoms with Gasteiger partial charge in [0.25, 0.3) is 0 Å². The summed E-state index contributed by atoms with van der Waals surface area (Å²) in [6, 6.07) is 3.29. The van der Waals surface area contributed by atoms with Crippen molar-refractivity contribution in [2.24, 2.45) is 7.05 Å². The number of H-pyrrole nitrogens is 1. The average molecular weight is 401 g/mol. The molecular formula is C15H9Cl2F3N6. The molecular weight excluding hydrogens is 392 g/mol. The number of benzene rings is 1. The van der Waals surface area contributed by atoms with Crippen molar-refractivity contribution in [3.8, 4) is 17.2 Å². The van der Waals surface area contributed by atoms with Crippen LogP contribution in [0.2, 0.25) is 10.0 Å². The van der Waals surface area contributed by atoms with E-state index in [-0.39, 0.29) is 5.82 Å². The van der Waals surface area contributed by atoms with Crippen molar-refractivity contribution in [3.63, 3.8) is 0 Å². The van der Waals surface area contributed by atoms with Gasteiger partial charge in [0.2, 0.25) is 5.82 Å². The maximum absolute atomic E-state index is 12.9. The van der Waals surface area contributed by atoms with E-state index in [0.717, 1.165) is 0 Å². The standard InChI is InChI=1S/C15H9Cl2F3N6/c1-25-10-5-9(17)8(16)4-7(10)11(26-3-2-21-6-26)12(25)13-22-14(24-23-13)15(18,19)20/h2-6H,1H3,(H,22,23,24). The van der Waals surface area contributed by atoms with E-state index < -0.39 is 12.0 Å². The minimum absolute atomic E-state index is 0.0352. The van der Waals surface area contributed by atoms with Crippen LogP contribution in [0.1, 0.15) is 5.82 Å². The van der Waals surface area contributed by atoms with E-state index in [2.05, 4.69) is 20.2 Å². The molecule has 0 unspecified atom stereocenters. The number of hydrogen-bond donors (Lipinski definition) is 1. The lowest BCUT2D eigenvalue weighted by atomic mass is 10.2. The molecule has 6 nitrogen and oxygen atoms in total. The fraction of sp³-hybridized carbons (Fsp3) is 0.133. The molecule has 1 aromatic carbocycles.